The molecule has 20 heavy (non-hydrogen) atoms. The summed E-state index contributed by atoms with van der Waals surface area (Å²) >= 11 is -2.07. The Balaban J connectivity index is 1.86. The summed E-state index contributed by atoms with van der Waals surface area (Å²) in [7, 11) is 0. The van der Waals surface area contributed by atoms with Gasteiger partial charge in [0.1, 0.15) is 0 Å². The maximum absolute atomic E-state index is 11.5. The lowest BCUT2D eigenvalue weighted by molar-refractivity contribution is -0.130. The van der Waals surface area contributed by atoms with Gasteiger partial charge >= 0.3 is 0 Å². The second-order valence-corrected chi connectivity index (χ2v) is 6.68. The van der Waals surface area contributed by atoms with Crippen LogP contribution in [0.4, 0.5) is 0 Å². The monoisotopic (exact) mass is 302 g/mol. The van der Waals surface area contributed by atoms with Crippen molar-refractivity contribution in [3.05, 3.63) is 0 Å². The highest BCUT2D eigenvalue weighted by molar-refractivity contribution is 7.79. The van der Waals surface area contributed by atoms with Crippen LogP contribution in [0.2, 0.25) is 0 Å². The first-order chi connectivity index (χ1) is 9.58. The van der Waals surface area contributed by atoms with E-state index in [1.165, 1.54) is 6.42 Å². The summed E-state index contributed by atoms with van der Waals surface area (Å²) in [5.74, 6) is 0.102. The zero-order valence-corrected chi connectivity index (χ0v) is 12.9. The van der Waals surface area contributed by atoms with Crippen LogP contribution in [-0.4, -0.2) is 80.6 Å². The zero-order valence-electron chi connectivity index (χ0n) is 12.1. The Labute approximate surface area is 123 Å². The fourth-order valence-corrected chi connectivity index (χ4v) is 3.76. The first-order valence-corrected chi connectivity index (χ1v) is 8.51. The molecule has 1 amide bonds. The molecule has 6 nitrogen and oxygen atoms in total. The minimum absolute atomic E-state index is 0.102. The van der Waals surface area contributed by atoms with Gasteiger partial charge in [-0.25, -0.2) is 0 Å². The molecule has 2 aliphatic heterocycles. The van der Waals surface area contributed by atoms with E-state index in [0.717, 1.165) is 39.0 Å². The smallest absolute Gasteiger partial charge is 0.219 e. The molecule has 0 aliphatic carbocycles. The largest absolute Gasteiger partial charge is 0.771 e. The number of carbonyl (C=O) groups is 1. The number of piperazine rings is 1. The van der Waals surface area contributed by atoms with Gasteiger partial charge in [0.15, 0.2) is 0 Å². The topological polar surface area (TPSA) is 66.9 Å². The standard InChI is InChI=1S/C13H25N3O3S/c1-12(17)15-9-7-14(8-10-15)11-13(20(18)19)16-5-3-2-4-6-16/h13H,2-11H2,1H3,(H,18,19)/p-1. The van der Waals surface area contributed by atoms with Crippen molar-refractivity contribution in [3.8, 4) is 0 Å². The van der Waals surface area contributed by atoms with Gasteiger partial charge in [-0.2, -0.15) is 0 Å². The molecule has 0 aromatic rings. The lowest BCUT2D eigenvalue weighted by Gasteiger charge is -2.41. The van der Waals surface area contributed by atoms with E-state index in [9.17, 15) is 13.6 Å². The number of likely N-dealkylation sites (tertiary alicyclic amines) is 1. The third kappa shape index (κ3) is 4.25. The van der Waals surface area contributed by atoms with Gasteiger partial charge in [-0.15, -0.1) is 0 Å². The Morgan fingerprint density at radius 2 is 1.70 bits per heavy atom. The van der Waals surface area contributed by atoms with E-state index in [1.807, 2.05) is 4.90 Å². The molecule has 0 bridgehead atoms. The van der Waals surface area contributed by atoms with Crippen LogP contribution in [-0.2, 0) is 15.9 Å². The summed E-state index contributed by atoms with van der Waals surface area (Å²) in [5.41, 5.74) is 0. The minimum Gasteiger partial charge on any atom is -0.771 e. The van der Waals surface area contributed by atoms with Crippen molar-refractivity contribution < 1.29 is 13.6 Å². The summed E-state index contributed by atoms with van der Waals surface area (Å²) in [5, 5.41) is -0.404. The molecule has 2 fully saturated rings. The molecular formula is C13H24N3O3S-. The normalized spacial score (nSPS) is 25.4. The second kappa shape index (κ2) is 7.49. The molecule has 0 spiro atoms. The van der Waals surface area contributed by atoms with Crippen LogP contribution in [0.1, 0.15) is 26.2 Å². The molecule has 0 aromatic carbocycles. The SMILES string of the molecule is CC(=O)N1CCN(CC(N2CCCCC2)S(=O)[O-])CC1. The van der Waals surface area contributed by atoms with Crippen molar-refractivity contribution in [2.75, 3.05) is 45.8 Å². The van der Waals surface area contributed by atoms with Crippen molar-refractivity contribution in [1.82, 2.24) is 14.7 Å². The molecule has 2 atom stereocenters. The van der Waals surface area contributed by atoms with Crippen molar-refractivity contribution in [1.29, 1.82) is 0 Å². The molecule has 0 aromatic heterocycles. The second-order valence-electron chi connectivity index (χ2n) is 5.62. The number of amides is 1. The van der Waals surface area contributed by atoms with Crippen LogP contribution in [0, 0.1) is 0 Å². The number of carbonyl (C=O) groups excluding carboxylic acids is 1. The van der Waals surface area contributed by atoms with E-state index in [-0.39, 0.29) is 5.91 Å². The molecule has 2 heterocycles. The van der Waals surface area contributed by atoms with Crippen LogP contribution >= 0.6 is 0 Å². The van der Waals surface area contributed by atoms with Gasteiger partial charge in [0, 0.05) is 39.6 Å². The summed E-state index contributed by atoms with van der Waals surface area (Å²) in [4.78, 5) is 17.4. The highest BCUT2D eigenvalue weighted by Crippen LogP contribution is 2.15. The Bertz CT molecular complexity index is 353. The average Bonchev–Trinajstić information content (AvgIpc) is 2.46. The highest BCUT2D eigenvalue weighted by Gasteiger charge is 2.26. The Morgan fingerprint density at radius 3 is 2.20 bits per heavy atom. The van der Waals surface area contributed by atoms with Crippen LogP contribution in [0.25, 0.3) is 0 Å². The van der Waals surface area contributed by atoms with E-state index >= 15 is 0 Å². The summed E-state index contributed by atoms with van der Waals surface area (Å²) in [6.45, 7) is 6.84. The molecule has 0 N–H and O–H groups in total. The van der Waals surface area contributed by atoms with Gasteiger partial charge in [-0.1, -0.05) is 6.42 Å². The molecular weight excluding hydrogens is 278 g/mol. The molecule has 2 aliphatic rings. The van der Waals surface area contributed by atoms with E-state index in [4.69, 9.17) is 0 Å². The van der Waals surface area contributed by atoms with Crippen molar-refractivity contribution >= 4 is 17.0 Å². The third-order valence-electron chi connectivity index (χ3n) is 4.25. The van der Waals surface area contributed by atoms with E-state index in [0.29, 0.717) is 19.6 Å². The maximum Gasteiger partial charge on any atom is 0.219 e. The Morgan fingerprint density at radius 1 is 1.10 bits per heavy atom. The summed E-state index contributed by atoms with van der Waals surface area (Å²) < 4.78 is 23.0. The lowest BCUT2D eigenvalue weighted by Crippen LogP contribution is -2.54. The average molecular weight is 302 g/mol. The maximum atomic E-state index is 11.5. The molecule has 7 heteroatoms. The first-order valence-electron chi connectivity index (χ1n) is 7.38. The fraction of sp³-hybridized carbons (Fsp3) is 0.923. The Kier molecular flexibility index (Phi) is 5.95. The number of hydrogen-bond acceptors (Lipinski definition) is 5. The summed E-state index contributed by atoms with van der Waals surface area (Å²) in [6.07, 6.45) is 3.38. The number of rotatable bonds is 4. The Hall–Kier alpha value is -0.500. The molecule has 2 unspecified atom stereocenters. The van der Waals surface area contributed by atoms with Crippen LogP contribution in [0.5, 0.6) is 0 Å². The quantitative estimate of drug-likeness (QED) is 0.675. The minimum atomic E-state index is -2.07. The predicted molar refractivity (Wildman–Crippen MR) is 76.8 cm³/mol. The van der Waals surface area contributed by atoms with Crippen LogP contribution in [0.3, 0.4) is 0 Å². The van der Waals surface area contributed by atoms with Gasteiger partial charge in [-0.05, 0) is 37.0 Å². The molecule has 2 saturated heterocycles. The third-order valence-corrected chi connectivity index (χ3v) is 5.14. The molecule has 0 radical (unpaired) electrons. The number of nitrogens with zero attached hydrogens (tertiary/aromatic N) is 3. The van der Waals surface area contributed by atoms with Crippen molar-refractivity contribution in [2.24, 2.45) is 0 Å². The molecule has 0 saturated carbocycles. The van der Waals surface area contributed by atoms with Gasteiger partial charge in [0.2, 0.25) is 5.91 Å². The number of hydrogen-bond donors (Lipinski definition) is 0. The molecule has 2 rings (SSSR count). The van der Waals surface area contributed by atoms with Gasteiger partial charge < -0.3 is 9.45 Å². The van der Waals surface area contributed by atoms with Crippen molar-refractivity contribution in [2.45, 2.75) is 31.6 Å². The zero-order chi connectivity index (χ0) is 14.5. The van der Waals surface area contributed by atoms with Crippen LogP contribution < -0.4 is 0 Å². The highest BCUT2D eigenvalue weighted by atomic mass is 32.2. The van der Waals surface area contributed by atoms with Gasteiger partial charge in [0.25, 0.3) is 0 Å². The number of piperidine rings is 1. The summed E-state index contributed by atoms with van der Waals surface area (Å²) in [6, 6.07) is 0. The lowest BCUT2D eigenvalue weighted by atomic mass is 10.1. The van der Waals surface area contributed by atoms with Gasteiger partial charge in [-0.3, -0.25) is 18.8 Å². The first kappa shape index (κ1) is 15.9. The van der Waals surface area contributed by atoms with Crippen molar-refractivity contribution in [3.63, 3.8) is 0 Å². The van der Waals surface area contributed by atoms with E-state index in [1.54, 1.807) is 6.92 Å². The van der Waals surface area contributed by atoms with Crippen LogP contribution in [0.15, 0.2) is 0 Å². The molecule has 116 valence electrons. The van der Waals surface area contributed by atoms with E-state index in [2.05, 4.69) is 9.80 Å². The fourth-order valence-electron chi connectivity index (χ4n) is 2.97. The van der Waals surface area contributed by atoms with E-state index < -0.39 is 16.5 Å². The predicted octanol–water partition coefficient (Wildman–Crippen LogP) is -0.158. The van der Waals surface area contributed by atoms with Gasteiger partial charge in [0.05, 0.1) is 5.37 Å².